The first-order chi connectivity index (χ1) is 19.4. The number of hydrogen-bond acceptors (Lipinski definition) is 7. The Hall–Kier alpha value is -5.31. The summed E-state index contributed by atoms with van der Waals surface area (Å²) in [5.41, 5.74) is 1.04. The van der Waals surface area contributed by atoms with Gasteiger partial charge in [-0.2, -0.15) is 0 Å². The molecule has 3 aliphatic rings. The Morgan fingerprint density at radius 1 is 0.950 bits per heavy atom. The molecule has 1 N–H and O–H groups in total. The molecule has 9 heteroatoms. The van der Waals surface area contributed by atoms with E-state index >= 15 is 0 Å². The van der Waals surface area contributed by atoms with Crippen LogP contribution in [0.1, 0.15) is 32.0 Å². The Balaban J connectivity index is 1.53. The predicted octanol–water partition coefficient (Wildman–Crippen LogP) is 5.04. The number of rotatable bonds is 5. The van der Waals surface area contributed by atoms with Crippen LogP contribution in [-0.2, 0) is 10.2 Å². The van der Waals surface area contributed by atoms with E-state index in [-0.39, 0.29) is 17.0 Å². The normalized spacial score (nSPS) is 23.9. The van der Waals surface area contributed by atoms with E-state index in [1.54, 1.807) is 24.3 Å². The van der Waals surface area contributed by atoms with Crippen LogP contribution in [0.15, 0.2) is 102 Å². The standard InChI is InChI=1S/C31H21N3O6/c35-28(19-8-5-9-20(17-19)34(38)39)27-26(29(36)24-13-6-16-40-24)31(21-10-2-3-11-22(21)32-30(31)37)25-15-14-18-7-1-4-12-23(18)33(25)27/h1-17,25-27H,(H,32,37)/t25-,26-,27+,31+/m0/s1. The molecule has 0 radical (unpaired) electrons. The first-order valence-electron chi connectivity index (χ1n) is 12.8. The molecule has 3 aromatic carbocycles. The average Bonchev–Trinajstić information content (AvgIpc) is 3.69. The average molecular weight is 532 g/mol. The summed E-state index contributed by atoms with van der Waals surface area (Å²) < 4.78 is 5.52. The number of anilines is 2. The first kappa shape index (κ1) is 23.8. The minimum atomic E-state index is -1.48. The fraction of sp³-hybridized carbons (Fsp3) is 0.129. The van der Waals surface area contributed by atoms with Gasteiger partial charge in [-0.05, 0) is 35.4 Å². The second kappa shape index (κ2) is 8.60. The highest BCUT2D eigenvalue weighted by molar-refractivity contribution is 6.18. The number of Topliss-reactive ketones (excluding diaryl/α,β-unsaturated/α-hetero) is 2. The number of furan rings is 1. The van der Waals surface area contributed by atoms with Gasteiger partial charge in [0.2, 0.25) is 11.7 Å². The number of nitro benzene ring substituents is 1. The number of carbonyl (C=O) groups is 3. The molecule has 0 aliphatic carbocycles. The highest BCUT2D eigenvalue weighted by atomic mass is 16.6. The molecule has 1 spiro atoms. The van der Waals surface area contributed by atoms with Gasteiger partial charge in [0.25, 0.3) is 5.69 Å². The number of ketones is 2. The number of hydrogen-bond donors (Lipinski definition) is 1. The first-order valence-corrected chi connectivity index (χ1v) is 12.8. The molecule has 4 atom stereocenters. The number of amides is 1. The van der Waals surface area contributed by atoms with Crippen molar-refractivity contribution in [3.8, 4) is 0 Å². The van der Waals surface area contributed by atoms with E-state index in [1.165, 1.54) is 36.6 Å². The van der Waals surface area contributed by atoms with Gasteiger partial charge < -0.3 is 14.6 Å². The lowest BCUT2D eigenvalue weighted by atomic mass is 9.64. The Morgan fingerprint density at radius 3 is 2.55 bits per heavy atom. The largest absolute Gasteiger partial charge is 0.461 e. The Morgan fingerprint density at radius 2 is 1.75 bits per heavy atom. The SMILES string of the molecule is O=C(c1ccco1)[C@@H]1[C@H](C(=O)c2cccc([N+](=O)[O-])c2)N2c3ccccc3C=C[C@H]2[C@@]12C(=O)Nc1ccccc12. The van der Waals surface area contributed by atoms with Crippen molar-refractivity contribution in [2.45, 2.75) is 17.5 Å². The van der Waals surface area contributed by atoms with Crippen LogP contribution >= 0.6 is 0 Å². The van der Waals surface area contributed by atoms with Crippen molar-refractivity contribution in [2.24, 2.45) is 5.92 Å². The highest BCUT2D eigenvalue weighted by Gasteiger charge is 2.70. The third-order valence-corrected chi connectivity index (χ3v) is 8.20. The van der Waals surface area contributed by atoms with Gasteiger partial charge in [-0.1, -0.05) is 60.7 Å². The van der Waals surface area contributed by atoms with Crippen LogP contribution < -0.4 is 10.2 Å². The van der Waals surface area contributed by atoms with Gasteiger partial charge in [0.1, 0.15) is 11.5 Å². The molecule has 4 aromatic rings. The number of nitrogens with zero attached hydrogens (tertiary/aromatic N) is 2. The van der Waals surface area contributed by atoms with Gasteiger partial charge in [0.15, 0.2) is 11.5 Å². The van der Waals surface area contributed by atoms with E-state index in [2.05, 4.69) is 5.32 Å². The van der Waals surface area contributed by atoms with Crippen molar-refractivity contribution in [1.29, 1.82) is 0 Å². The molecule has 40 heavy (non-hydrogen) atoms. The Labute approximate surface area is 227 Å². The fourth-order valence-corrected chi connectivity index (χ4v) is 6.64. The van der Waals surface area contributed by atoms with Crippen LogP contribution in [0.2, 0.25) is 0 Å². The van der Waals surface area contributed by atoms with Crippen LogP contribution in [0.3, 0.4) is 0 Å². The van der Waals surface area contributed by atoms with Crippen LogP contribution in [0.5, 0.6) is 0 Å². The summed E-state index contributed by atoms with van der Waals surface area (Å²) in [7, 11) is 0. The van der Waals surface area contributed by atoms with E-state index in [0.29, 0.717) is 16.9 Å². The number of nitrogens with one attached hydrogen (secondary N) is 1. The molecule has 7 rings (SSSR count). The molecule has 1 aromatic heterocycles. The molecule has 9 nitrogen and oxygen atoms in total. The number of fused-ring (bicyclic) bond motifs is 6. The second-order valence-electron chi connectivity index (χ2n) is 10.1. The highest BCUT2D eigenvalue weighted by Crippen LogP contribution is 2.58. The van der Waals surface area contributed by atoms with E-state index < -0.39 is 45.8 Å². The molecule has 0 unspecified atom stereocenters. The van der Waals surface area contributed by atoms with Gasteiger partial charge in [0.05, 0.1) is 23.1 Å². The summed E-state index contributed by atoms with van der Waals surface area (Å²) in [6, 6.07) is 21.3. The molecule has 196 valence electrons. The maximum absolute atomic E-state index is 14.5. The lowest BCUT2D eigenvalue weighted by molar-refractivity contribution is -0.384. The number of para-hydroxylation sites is 2. The van der Waals surface area contributed by atoms with Gasteiger partial charge in [-0.25, -0.2) is 0 Å². The molecule has 0 bridgehead atoms. The molecule has 4 heterocycles. The summed E-state index contributed by atoms with van der Waals surface area (Å²) in [4.78, 5) is 56.0. The van der Waals surface area contributed by atoms with Gasteiger partial charge in [-0.15, -0.1) is 0 Å². The zero-order chi connectivity index (χ0) is 27.6. The molecule has 3 aliphatic heterocycles. The maximum Gasteiger partial charge on any atom is 0.270 e. The summed E-state index contributed by atoms with van der Waals surface area (Å²) in [5, 5.41) is 14.5. The van der Waals surface area contributed by atoms with E-state index in [0.717, 1.165) is 5.56 Å². The zero-order valence-corrected chi connectivity index (χ0v) is 20.9. The zero-order valence-electron chi connectivity index (χ0n) is 20.9. The smallest absolute Gasteiger partial charge is 0.270 e. The Kier molecular flexibility index (Phi) is 5.11. The minimum Gasteiger partial charge on any atom is -0.461 e. The van der Waals surface area contributed by atoms with Crippen molar-refractivity contribution >= 4 is 40.6 Å². The van der Waals surface area contributed by atoms with Crippen molar-refractivity contribution in [3.05, 3.63) is 130 Å². The maximum atomic E-state index is 14.5. The molecule has 1 saturated heterocycles. The third-order valence-electron chi connectivity index (χ3n) is 8.20. The van der Waals surface area contributed by atoms with E-state index in [9.17, 15) is 24.5 Å². The Bertz CT molecular complexity index is 1760. The molecule has 1 amide bonds. The third kappa shape index (κ3) is 3.11. The van der Waals surface area contributed by atoms with E-state index in [1.807, 2.05) is 47.4 Å². The fourth-order valence-electron chi connectivity index (χ4n) is 6.64. The second-order valence-corrected chi connectivity index (χ2v) is 10.1. The summed E-state index contributed by atoms with van der Waals surface area (Å²) in [6.45, 7) is 0. The van der Waals surface area contributed by atoms with Crippen LogP contribution in [0, 0.1) is 16.0 Å². The van der Waals surface area contributed by atoms with Crippen molar-refractivity contribution < 1.29 is 23.7 Å². The number of nitro groups is 1. The topological polar surface area (TPSA) is 123 Å². The predicted molar refractivity (Wildman–Crippen MR) is 146 cm³/mol. The quantitative estimate of drug-likeness (QED) is 0.217. The minimum absolute atomic E-state index is 0.0236. The lowest BCUT2D eigenvalue weighted by Crippen LogP contribution is -2.51. The van der Waals surface area contributed by atoms with Crippen molar-refractivity contribution in [3.63, 3.8) is 0 Å². The summed E-state index contributed by atoms with van der Waals surface area (Å²) >= 11 is 0. The van der Waals surface area contributed by atoms with Crippen molar-refractivity contribution in [1.82, 2.24) is 0 Å². The lowest BCUT2D eigenvalue weighted by Gasteiger charge is -2.37. The van der Waals surface area contributed by atoms with E-state index in [4.69, 9.17) is 4.42 Å². The van der Waals surface area contributed by atoms with Crippen LogP contribution in [0.25, 0.3) is 6.08 Å². The molecular formula is C31H21N3O6. The number of non-ortho nitro benzene ring substituents is 1. The summed E-state index contributed by atoms with van der Waals surface area (Å²) in [6.07, 6.45) is 5.14. The van der Waals surface area contributed by atoms with Crippen LogP contribution in [0.4, 0.5) is 17.1 Å². The molecular weight excluding hydrogens is 510 g/mol. The van der Waals surface area contributed by atoms with Gasteiger partial charge in [-0.3, -0.25) is 24.5 Å². The number of benzene rings is 3. The molecule has 1 fully saturated rings. The van der Waals surface area contributed by atoms with Crippen LogP contribution in [-0.4, -0.2) is 34.5 Å². The monoisotopic (exact) mass is 531 g/mol. The number of carbonyl (C=O) groups excluding carboxylic acids is 3. The van der Waals surface area contributed by atoms with Crippen molar-refractivity contribution in [2.75, 3.05) is 10.2 Å². The summed E-state index contributed by atoms with van der Waals surface area (Å²) in [5.74, 6) is -2.59. The van der Waals surface area contributed by atoms with Gasteiger partial charge >= 0.3 is 0 Å². The van der Waals surface area contributed by atoms with Gasteiger partial charge in [0, 0.05) is 29.1 Å². The molecule has 0 saturated carbocycles.